The number of amides is 2. The summed E-state index contributed by atoms with van der Waals surface area (Å²) in [6.07, 6.45) is 0. The number of nitrogens with one attached hydrogen (secondary N) is 1. The van der Waals surface area contributed by atoms with Crippen LogP contribution < -0.4 is 14.8 Å². The standard InChI is InChI=1S/C25H26N2O4S/c1-4-30-20-11-9-17(14-21(20)31-5-2)25(29)27-15-23(28)26-19-10-8-16(3)13-18(19)24(27)22-7-6-12-32-22/h6-14,24H,4-5,15H2,1-3H3,(H,26,28). The molecule has 0 saturated carbocycles. The lowest BCUT2D eigenvalue weighted by atomic mass is 9.99. The van der Waals surface area contributed by atoms with Gasteiger partial charge in [0.25, 0.3) is 5.91 Å². The molecule has 0 aliphatic carbocycles. The Labute approximate surface area is 191 Å². The molecule has 7 heteroatoms. The van der Waals surface area contributed by atoms with Crippen LogP contribution in [0, 0.1) is 6.92 Å². The predicted octanol–water partition coefficient (Wildman–Crippen LogP) is 5.04. The van der Waals surface area contributed by atoms with E-state index >= 15 is 0 Å². The van der Waals surface area contributed by atoms with E-state index in [1.54, 1.807) is 34.4 Å². The van der Waals surface area contributed by atoms with Crippen molar-refractivity contribution in [1.29, 1.82) is 0 Å². The summed E-state index contributed by atoms with van der Waals surface area (Å²) in [5.41, 5.74) is 3.15. The molecule has 32 heavy (non-hydrogen) atoms. The molecule has 2 aromatic carbocycles. The molecule has 166 valence electrons. The highest BCUT2D eigenvalue weighted by molar-refractivity contribution is 7.10. The molecule has 0 saturated heterocycles. The van der Waals surface area contributed by atoms with Gasteiger partial charge in [-0.25, -0.2) is 0 Å². The molecule has 0 radical (unpaired) electrons. The van der Waals surface area contributed by atoms with Gasteiger partial charge in [0.1, 0.15) is 6.54 Å². The second-order valence-corrected chi connectivity index (χ2v) is 8.50. The summed E-state index contributed by atoms with van der Waals surface area (Å²) in [7, 11) is 0. The highest BCUT2D eigenvalue weighted by atomic mass is 32.1. The van der Waals surface area contributed by atoms with Crippen molar-refractivity contribution in [1.82, 2.24) is 4.90 Å². The van der Waals surface area contributed by atoms with Gasteiger partial charge in [-0.1, -0.05) is 23.8 Å². The molecule has 0 bridgehead atoms. The summed E-state index contributed by atoms with van der Waals surface area (Å²) in [6.45, 7) is 6.69. The lowest BCUT2D eigenvalue weighted by molar-refractivity contribution is -0.117. The topological polar surface area (TPSA) is 67.9 Å². The van der Waals surface area contributed by atoms with Gasteiger partial charge in [-0.2, -0.15) is 0 Å². The lowest BCUT2D eigenvalue weighted by Crippen LogP contribution is -2.38. The zero-order valence-electron chi connectivity index (χ0n) is 18.4. The van der Waals surface area contributed by atoms with Crippen molar-refractivity contribution in [2.75, 3.05) is 25.1 Å². The first-order valence-electron chi connectivity index (χ1n) is 10.7. The second kappa shape index (κ2) is 9.44. The molecular formula is C25H26N2O4S. The first-order valence-corrected chi connectivity index (χ1v) is 11.5. The van der Waals surface area contributed by atoms with E-state index < -0.39 is 0 Å². The minimum atomic E-state index is -0.376. The van der Waals surface area contributed by atoms with Gasteiger partial charge in [-0.15, -0.1) is 11.3 Å². The van der Waals surface area contributed by atoms with Gasteiger partial charge in [-0.3, -0.25) is 9.59 Å². The van der Waals surface area contributed by atoms with Gasteiger partial charge in [0.05, 0.1) is 19.3 Å². The Bertz CT molecular complexity index is 1130. The van der Waals surface area contributed by atoms with E-state index in [1.165, 1.54) is 0 Å². The summed E-state index contributed by atoms with van der Waals surface area (Å²) in [5.74, 6) is 0.647. The predicted molar refractivity (Wildman–Crippen MR) is 126 cm³/mol. The Morgan fingerprint density at radius 2 is 1.88 bits per heavy atom. The average Bonchev–Trinajstić information content (AvgIpc) is 3.26. The number of rotatable bonds is 6. The van der Waals surface area contributed by atoms with Gasteiger partial charge >= 0.3 is 0 Å². The zero-order valence-corrected chi connectivity index (χ0v) is 19.2. The number of nitrogens with zero attached hydrogens (tertiary/aromatic N) is 1. The number of ether oxygens (including phenoxy) is 2. The van der Waals surface area contributed by atoms with Gasteiger partial charge in [0, 0.05) is 21.7 Å². The van der Waals surface area contributed by atoms with Gasteiger partial charge in [0.2, 0.25) is 5.91 Å². The van der Waals surface area contributed by atoms with Gasteiger partial charge < -0.3 is 19.7 Å². The fourth-order valence-corrected chi connectivity index (χ4v) is 4.77. The van der Waals surface area contributed by atoms with E-state index in [4.69, 9.17) is 9.47 Å². The number of benzene rings is 2. The van der Waals surface area contributed by atoms with Crippen LogP contribution in [0.2, 0.25) is 0 Å². The third kappa shape index (κ3) is 4.34. The average molecular weight is 451 g/mol. The Kier molecular flexibility index (Phi) is 6.46. The van der Waals surface area contributed by atoms with Crippen LogP contribution >= 0.6 is 11.3 Å². The fourth-order valence-electron chi connectivity index (χ4n) is 3.92. The van der Waals surface area contributed by atoms with Gasteiger partial charge in [-0.05, 0) is 56.5 Å². The maximum atomic E-state index is 13.8. The van der Waals surface area contributed by atoms with Gasteiger partial charge in [0.15, 0.2) is 11.5 Å². The molecule has 4 rings (SSSR count). The molecule has 1 unspecified atom stereocenters. The van der Waals surface area contributed by atoms with E-state index in [-0.39, 0.29) is 24.4 Å². The molecule has 2 heterocycles. The Balaban J connectivity index is 1.80. The van der Waals surface area contributed by atoms with E-state index in [9.17, 15) is 9.59 Å². The molecule has 2 amide bonds. The number of hydrogen-bond donors (Lipinski definition) is 1. The minimum absolute atomic E-state index is 0.0493. The third-order valence-electron chi connectivity index (χ3n) is 5.27. The SMILES string of the molecule is CCOc1ccc(C(=O)N2CC(=O)Nc3ccc(C)cc3C2c2cccs2)cc1OCC. The summed E-state index contributed by atoms with van der Waals surface area (Å²) < 4.78 is 11.3. The second-order valence-electron chi connectivity index (χ2n) is 7.52. The fraction of sp³-hybridized carbons (Fsp3) is 0.280. The highest BCUT2D eigenvalue weighted by Crippen LogP contribution is 2.39. The number of thiophene rings is 1. The van der Waals surface area contributed by atoms with Crippen molar-refractivity contribution in [3.8, 4) is 11.5 Å². The van der Waals surface area contributed by atoms with Crippen LogP contribution in [0.25, 0.3) is 0 Å². The maximum absolute atomic E-state index is 13.8. The van der Waals surface area contributed by atoms with Crippen molar-refractivity contribution >= 4 is 28.8 Å². The monoisotopic (exact) mass is 450 g/mol. The first-order chi connectivity index (χ1) is 15.5. The van der Waals surface area contributed by atoms with Crippen molar-refractivity contribution in [2.24, 2.45) is 0 Å². The summed E-state index contributed by atoms with van der Waals surface area (Å²) in [6, 6.07) is 14.7. The maximum Gasteiger partial charge on any atom is 0.255 e. The van der Waals surface area contributed by atoms with Crippen LogP contribution in [0.3, 0.4) is 0 Å². The molecule has 6 nitrogen and oxygen atoms in total. The van der Waals surface area contributed by atoms with Crippen LogP contribution in [0.15, 0.2) is 53.9 Å². The van der Waals surface area contributed by atoms with Crippen molar-refractivity contribution in [3.63, 3.8) is 0 Å². The first kappa shape index (κ1) is 21.9. The number of anilines is 1. The smallest absolute Gasteiger partial charge is 0.255 e. The molecule has 1 aromatic heterocycles. The molecule has 0 spiro atoms. The van der Waals surface area contributed by atoms with Crippen LogP contribution in [0.1, 0.15) is 46.3 Å². The molecule has 3 aromatic rings. The number of aryl methyl sites for hydroxylation is 1. The molecule has 1 aliphatic heterocycles. The molecule has 1 aliphatic rings. The Hall–Kier alpha value is -3.32. The van der Waals surface area contributed by atoms with E-state index in [0.29, 0.717) is 30.3 Å². The van der Waals surface area contributed by atoms with Crippen LogP contribution in [-0.4, -0.2) is 36.5 Å². The van der Waals surface area contributed by atoms with Crippen molar-refractivity contribution in [2.45, 2.75) is 26.8 Å². The third-order valence-corrected chi connectivity index (χ3v) is 6.19. The normalized spacial score (nSPS) is 15.5. The zero-order chi connectivity index (χ0) is 22.7. The van der Waals surface area contributed by atoms with E-state index in [0.717, 1.165) is 21.7 Å². The minimum Gasteiger partial charge on any atom is -0.490 e. The molecular weight excluding hydrogens is 424 g/mol. The number of fused-ring (bicyclic) bond motifs is 1. The Morgan fingerprint density at radius 1 is 1.09 bits per heavy atom. The number of carbonyl (C=O) groups is 2. The van der Waals surface area contributed by atoms with Crippen molar-refractivity contribution < 1.29 is 19.1 Å². The van der Waals surface area contributed by atoms with Crippen molar-refractivity contribution in [3.05, 3.63) is 75.5 Å². The van der Waals surface area contributed by atoms with E-state index in [1.807, 2.05) is 56.5 Å². The summed E-state index contributed by atoms with van der Waals surface area (Å²) >= 11 is 1.57. The van der Waals surface area contributed by atoms with Crippen LogP contribution in [-0.2, 0) is 4.79 Å². The lowest BCUT2D eigenvalue weighted by Gasteiger charge is -2.30. The highest BCUT2D eigenvalue weighted by Gasteiger charge is 2.34. The number of carbonyl (C=O) groups excluding carboxylic acids is 2. The summed E-state index contributed by atoms with van der Waals surface area (Å²) in [5, 5.41) is 4.95. The number of hydrogen-bond acceptors (Lipinski definition) is 5. The van der Waals surface area contributed by atoms with Crippen LogP contribution in [0.4, 0.5) is 5.69 Å². The molecule has 0 fully saturated rings. The molecule has 1 N–H and O–H groups in total. The quantitative estimate of drug-likeness (QED) is 0.571. The largest absolute Gasteiger partial charge is 0.490 e. The Morgan fingerprint density at radius 3 is 2.59 bits per heavy atom. The van der Waals surface area contributed by atoms with E-state index in [2.05, 4.69) is 5.32 Å². The molecule has 1 atom stereocenters. The van der Waals surface area contributed by atoms with Crippen LogP contribution in [0.5, 0.6) is 11.5 Å². The summed E-state index contributed by atoms with van der Waals surface area (Å²) in [4.78, 5) is 29.2.